The standard InChI is InChI=1S/C25H21F4N5O4/c1-12(17-10-15(5-7-19(17)26)38-25(27,28)29)32-22(35)18-8-14(11-31-24(18)37-3)13-4-6-16-20(9-13)33-34-21(16)23(36)30-2/h4-12H,1-3H3,(H,30,36)(H,32,35)(H,33,34)/t12-/m1/s1/i1D3,3D3. The lowest BCUT2D eigenvalue weighted by Gasteiger charge is -2.18. The molecule has 0 saturated carbocycles. The molecule has 2 aromatic carbocycles. The van der Waals surface area contributed by atoms with Crippen LogP contribution in [-0.2, 0) is 0 Å². The van der Waals surface area contributed by atoms with Crippen LogP contribution in [0.25, 0.3) is 22.0 Å². The van der Waals surface area contributed by atoms with Gasteiger partial charge < -0.3 is 20.1 Å². The van der Waals surface area contributed by atoms with Crippen LogP contribution in [0.5, 0.6) is 11.6 Å². The summed E-state index contributed by atoms with van der Waals surface area (Å²) in [4.78, 5) is 29.4. The summed E-state index contributed by atoms with van der Waals surface area (Å²) in [6.45, 7) is -3.21. The van der Waals surface area contributed by atoms with Gasteiger partial charge in [0.1, 0.15) is 17.1 Å². The highest BCUT2D eigenvalue weighted by atomic mass is 19.4. The van der Waals surface area contributed by atoms with Gasteiger partial charge in [0, 0.05) is 33.9 Å². The largest absolute Gasteiger partial charge is 0.573 e. The van der Waals surface area contributed by atoms with Crippen molar-refractivity contribution in [2.75, 3.05) is 14.1 Å². The fraction of sp³-hybridized carbons (Fsp3) is 0.200. The van der Waals surface area contributed by atoms with E-state index >= 15 is 0 Å². The Balaban J connectivity index is 1.77. The summed E-state index contributed by atoms with van der Waals surface area (Å²) < 4.78 is 107. The van der Waals surface area contributed by atoms with Crippen LogP contribution in [0.4, 0.5) is 17.6 Å². The summed E-state index contributed by atoms with van der Waals surface area (Å²) >= 11 is 0. The van der Waals surface area contributed by atoms with Crippen molar-refractivity contribution in [2.24, 2.45) is 0 Å². The van der Waals surface area contributed by atoms with E-state index in [9.17, 15) is 27.2 Å². The first-order valence-corrected chi connectivity index (χ1v) is 10.6. The van der Waals surface area contributed by atoms with Crippen LogP contribution < -0.4 is 20.1 Å². The fourth-order valence-electron chi connectivity index (χ4n) is 3.57. The first-order valence-electron chi connectivity index (χ1n) is 13.6. The number of rotatable bonds is 7. The molecule has 4 rings (SSSR count). The Morgan fingerprint density at radius 1 is 1.11 bits per heavy atom. The molecule has 0 aliphatic carbocycles. The van der Waals surface area contributed by atoms with E-state index in [1.165, 1.54) is 7.05 Å². The number of aromatic amines is 1. The van der Waals surface area contributed by atoms with Gasteiger partial charge in [0.25, 0.3) is 11.8 Å². The van der Waals surface area contributed by atoms with E-state index in [2.05, 4.69) is 25.2 Å². The average molecular weight is 538 g/mol. The molecule has 0 bridgehead atoms. The number of nitrogens with one attached hydrogen (secondary N) is 3. The first-order chi connectivity index (χ1) is 20.4. The van der Waals surface area contributed by atoms with Gasteiger partial charge >= 0.3 is 6.36 Å². The highest BCUT2D eigenvalue weighted by molar-refractivity contribution is 6.05. The third-order valence-electron chi connectivity index (χ3n) is 5.32. The van der Waals surface area contributed by atoms with Crippen LogP contribution >= 0.6 is 0 Å². The number of methoxy groups -OCH3 is 1. The molecule has 2 amide bonds. The molecule has 0 spiro atoms. The van der Waals surface area contributed by atoms with Gasteiger partial charge in [-0.3, -0.25) is 14.7 Å². The number of fused-ring (bicyclic) bond motifs is 1. The zero-order valence-corrected chi connectivity index (χ0v) is 19.2. The number of hydrogen-bond donors (Lipinski definition) is 3. The SMILES string of the molecule is [2H]C([2H])([2H])Oc1ncc(-c2ccc3c(C(=O)NC)n[nH]c3c2)cc1C(=O)N[C@@H](c1cc(OC(F)(F)F)ccc1F)C([2H])([2H])[2H]. The summed E-state index contributed by atoms with van der Waals surface area (Å²) in [5.41, 5.74) is -0.341. The van der Waals surface area contributed by atoms with E-state index in [1.807, 2.05) is 5.32 Å². The molecule has 0 radical (unpaired) electrons. The summed E-state index contributed by atoms with van der Waals surface area (Å²) in [6, 6.07) is 5.17. The number of aromatic nitrogens is 3. The summed E-state index contributed by atoms with van der Waals surface area (Å²) in [6.07, 6.45) is -4.02. The van der Waals surface area contributed by atoms with Crippen molar-refractivity contribution in [1.82, 2.24) is 25.8 Å². The number of amides is 2. The van der Waals surface area contributed by atoms with E-state index in [0.717, 1.165) is 12.3 Å². The Kier molecular flexibility index (Phi) is 5.30. The molecule has 1 atom stereocenters. The summed E-state index contributed by atoms with van der Waals surface area (Å²) in [5, 5.41) is 11.6. The van der Waals surface area contributed by atoms with E-state index < -0.39 is 66.7 Å². The van der Waals surface area contributed by atoms with Crippen molar-refractivity contribution in [2.45, 2.75) is 19.3 Å². The minimum Gasteiger partial charge on any atom is -0.480 e. The van der Waals surface area contributed by atoms with Crippen molar-refractivity contribution in [3.05, 3.63) is 71.3 Å². The lowest BCUT2D eigenvalue weighted by molar-refractivity contribution is -0.274. The van der Waals surface area contributed by atoms with Crippen LogP contribution in [0.2, 0.25) is 0 Å². The van der Waals surface area contributed by atoms with Crippen molar-refractivity contribution < 1.29 is 44.8 Å². The molecule has 0 unspecified atom stereocenters. The molecule has 0 aliphatic rings. The Labute approximate surface area is 221 Å². The molecule has 0 saturated heterocycles. The number of carbonyl (C=O) groups is 2. The molecule has 9 nitrogen and oxygen atoms in total. The second-order valence-electron chi connectivity index (χ2n) is 7.73. The number of pyridine rings is 1. The Morgan fingerprint density at radius 2 is 1.92 bits per heavy atom. The predicted octanol–water partition coefficient (Wildman–Crippen LogP) is 4.52. The van der Waals surface area contributed by atoms with E-state index in [-0.39, 0.29) is 11.3 Å². The molecule has 2 aromatic heterocycles. The Bertz CT molecular complexity index is 1730. The van der Waals surface area contributed by atoms with E-state index in [4.69, 9.17) is 13.0 Å². The van der Waals surface area contributed by atoms with Gasteiger partial charge in [-0.1, -0.05) is 6.07 Å². The van der Waals surface area contributed by atoms with Gasteiger partial charge in [0.2, 0.25) is 5.88 Å². The average Bonchev–Trinajstić information content (AvgIpc) is 3.33. The molecule has 3 N–H and O–H groups in total. The zero-order valence-electron chi connectivity index (χ0n) is 25.2. The Morgan fingerprint density at radius 3 is 2.63 bits per heavy atom. The number of H-pyrrole nitrogens is 1. The molecule has 0 fully saturated rings. The number of ether oxygens (including phenoxy) is 2. The van der Waals surface area contributed by atoms with Crippen LogP contribution in [0.3, 0.4) is 0 Å². The number of hydrogen-bond acceptors (Lipinski definition) is 6. The number of alkyl halides is 3. The van der Waals surface area contributed by atoms with Gasteiger partial charge in [-0.25, -0.2) is 9.37 Å². The number of carbonyl (C=O) groups excluding carboxylic acids is 2. The lowest BCUT2D eigenvalue weighted by atomic mass is 10.0. The third-order valence-corrected chi connectivity index (χ3v) is 5.32. The first kappa shape index (κ1) is 19.4. The van der Waals surface area contributed by atoms with Gasteiger partial charge in [0.15, 0.2) is 5.69 Å². The highest BCUT2D eigenvalue weighted by Crippen LogP contribution is 2.30. The van der Waals surface area contributed by atoms with E-state index in [0.29, 0.717) is 34.7 Å². The minimum atomic E-state index is -5.18. The monoisotopic (exact) mass is 537 g/mol. The summed E-state index contributed by atoms with van der Waals surface area (Å²) in [5.74, 6) is -4.70. The molecular weight excluding hydrogens is 510 g/mol. The fourth-order valence-corrected chi connectivity index (χ4v) is 3.57. The number of nitrogens with zero attached hydrogens (tertiary/aromatic N) is 2. The number of halogens is 4. The van der Waals surface area contributed by atoms with Crippen molar-refractivity contribution in [3.63, 3.8) is 0 Å². The lowest BCUT2D eigenvalue weighted by Crippen LogP contribution is -2.28. The maximum absolute atomic E-state index is 14.7. The normalized spacial score (nSPS) is 15.2. The molecule has 0 aliphatic heterocycles. The van der Waals surface area contributed by atoms with Crippen LogP contribution in [0, 0.1) is 5.82 Å². The Hall–Kier alpha value is -4.68. The van der Waals surface area contributed by atoms with Gasteiger partial charge in [-0.05, 0) is 48.8 Å². The van der Waals surface area contributed by atoms with Crippen molar-refractivity contribution >= 4 is 22.7 Å². The zero-order chi connectivity index (χ0) is 32.6. The molecule has 38 heavy (non-hydrogen) atoms. The van der Waals surface area contributed by atoms with Gasteiger partial charge in [-0.15, -0.1) is 13.2 Å². The number of benzene rings is 2. The molecular formula is C25H21F4N5O4. The van der Waals surface area contributed by atoms with Crippen LogP contribution in [-0.4, -0.2) is 47.4 Å². The van der Waals surface area contributed by atoms with Gasteiger partial charge in [0.05, 0.1) is 22.7 Å². The molecule has 2 heterocycles. The van der Waals surface area contributed by atoms with Crippen molar-refractivity contribution in [1.29, 1.82) is 0 Å². The minimum absolute atomic E-state index is 0.112. The third kappa shape index (κ3) is 5.51. The topological polar surface area (TPSA) is 118 Å². The molecule has 198 valence electrons. The van der Waals surface area contributed by atoms with E-state index in [1.54, 1.807) is 18.2 Å². The van der Waals surface area contributed by atoms with Crippen LogP contribution in [0.15, 0.2) is 48.7 Å². The second kappa shape index (κ2) is 10.4. The highest BCUT2D eigenvalue weighted by Gasteiger charge is 2.31. The molecule has 13 heteroatoms. The van der Waals surface area contributed by atoms with Crippen LogP contribution in [0.1, 0.15) is 47.5 Å². The summed E-state index contributed by atoms with van der Waals surface area (Å²) in [7, 11) is -1.68. The smallest absolute Gasteiger partial charge is 0.480 e. The predicted molar refractivity (Wildman–Crippen MR) is 128 cm³/mol. The maximum Gasteiger partial charge on any atom is 0.573 e. The second-order valence-corrected chi connectivity index (χ2v) is 7.73. The maximum atomic E-state index is 14.7. The van der Waals surface area contributed by atoms with Gasteiger partial charge in [-0.2, -0.15) is 5.10 Å². The van der Waals surface area contributed by atoms with Crippen molar-refractivity contribution in [3.8, 4) is 22.8 Å². The quantitative estimate of drug-likeness (QED) is 0.299. The molecule has 4 aromatic rings.